The van der Waals surface area contributed by atoms with Gasteiger partial charge in [0.05, 0.1) is 12.2 Å². The Labute approximate surface area is 149 Å². The molecule has 0 unspecified atom stereocenters. The van der Waals surface area contributed by atoms with Crippen LogP contribution >= 0.6 is 0 Å². The first kappa shape index (κ1) is 19.4. The summed E-state index contributed by atoms with van der Waals surface area (Å²) >= 11 is 0. The fourth-order valence-corrected chi connectivity index (χ4v) is 2.25. The molecule has 2 aromatic carbocycles. The van der Waals surface area contributed by atoms with E-state index < -0.39 is 14.2 Å². The lowest BCUT2D eigenvalue weighted by Gasteiger charge is -2.14. The van der Waals surface area contributed by atoms with E-state index in [1.165, 1.54) is 0 Å². The predicted molar refractivity (Wildman–Crippen MR) is 101 cm³/mol. The highest BCUT2D eigenvalue weighted by Gasteiger charge is 2.26. The van der Waals surface area contributed by atoms with Crippen LogP contribution in [0.25, 0.3) is 0 Å². The molecule has 0 atom stereocenters. The Morgan fingerprint density at radius 2 is 0.960 bits per heavy atom. The van der Waals surface area contributed by atoms with E-state index >= 15 is 0 Å². The summed E-state index contributed by atoms with van der Waals surface area (Å²) in [6, 6.07) is 13.8. The van der Waals surface area contributed by atoms with Crippen LogP contribution in [0.4, 0.5) is 0 Å². The van der Waals surface area contributed by atoms with Gasteiger partial charge in [0.1, 0.15) is 11.5 Å². The molecule has 0 heterocycles. The van der Waals surface area contributed by atoms with Gasteiger partial charge in [-0.3, -0.25) is 0 Å². The fourth-order valence-electron chi connectivity index (χ4n) is 2.25. The minimum atomic E-state index is -1.24. The molecule has 0 amide bonds. The summed E-state index contributed by atoms with van der Waals surface area (Å²) in [5.41, 5.74) is 1.07. The summed E-state index contributed by atoms with van der Waals surface area (Å²) < 4.78 is 16.4. The highest BCUT2D eigenvalue weighted by molar-refractivity contribution is 6.73. The maximum absolute atomic E-state index is 10.2. The van der Waals surface area contributed by atoms with Crippen molar-refractivity contribution in [3.05, 3.63) is 48.5 Å². The van der Waals surface area contributed by atoms with E-state index in [1.54, 1.807) is 48.5 Å². The molecule has 5 nitrogen and oxygen atoms in total. The van der Waals surface area contributed by atoms with Crippen LogP contribution in [0.3, 0.4) is 0 Å². The van der Waals surface area contributed by atoms with E-state index in [2.05, 4.69) is 0 Å². The molecule has 0 saturated heterocycles. The standard InChI is InChI=1S/C18H24B2O5/c1-13(2)23-17-9-5-15(6-10-17)19(21)25-20(22)16-7-11-18(12-8-16)24-14(3)4/h5-14,21-22H,1-4H3. The summed E-state index contributed by atoms with van der Waals surface area (Å²) in [4.78, 5) is 0. The van der Waals surface area contributed by atoms with Crippen LogP contribution in [0.15, 0.2) is 48.5 Å². The average molecular weight is 342 g/mol. The maximum Gasteiger partial charge on any atom is 0.477 e. The lowest BCUT2D eigenvalue weighted by molar-refractivity contribution is 0.242. The van der Waals surface area contributed by atoms with E-state index in [0.717, 1.165) is 0 Å². The molecule has 2 N–H and O–H groups in total. The monoisotopic (exact) mass is 342 g/mol. The van der Waals surface area contributed by atoms with Crippen molar-refractivity contribution in [1.82, 2.24) is 0 Å². The van der Waals surface area contributed by atoms with Gasteiger partial charge < -0.3 is 24.1 Å². The van der Waals surface area contributed by atoms with Crippen molar-refractivity contribution < 1.29 is 24.1 Å². The third-order valence-corrected chi connectivity index (χ3v) is 3.33. The van der Waals surface area contributed by atoms with E-state index in [-0.39, 0.29) is 12.2 Å². The van der Waals surface area contributed by atoms with Crippen LogP contribution in [-0.4, -0.2) is 36.5 Å². The molecular weight excluding hydrogens is 318 g/mol. The average Bonchev–Trinajstić information content (AvgIpc) is 2.55. The van der Waals surface area contributed by atoms with Gasteiger partial charge in [-0.2, -0.15) is 0 Å². The van der Waals surface area contributed by atoms with Crippen molar-refractivity contribution in [3.8, 4) is 11.5 Å². The van der Waals surface area contributed by atoms with Crippen molar-refractivity contribution in [1.29, 1.82) is 0 Å². The van der Waals surface area contributed by atoms with Gasteiger partial charge in [-0.25, -0.2) is 0 Å². The molecule has 7 heteroatoms. The minimum absolute atomic E-state index is 0.0801. The van der Waals surface area contributed by atoms with Gasteiger partial charge in [-0.15, -0.1) is 0 Å². The Bertz CT molecular complexity index is 586. The molecule has 0 aliphatic rings. The van der Waals surface area contributed by atoms with Crippen LogP contribution in [0.5, 0.6) is 11.5 Å². The SMILES string of the molecule is CC(C)Oc1ccc(B(O)OB(O)c2ccc(OC(C)C)cc2)cc1. The molecule has 2 aromatic rings. The lowest BCUT2D eigenvalue weighted by Crippen LogP contribution is -2.44. The van der Waals surface area contributed by atoms with Gasteiger partial charge in [-0.1, -0.05) is 24.3 Å². The summed E-state index contributed by atoms with van der Waals surface area (Å²) in [6.07, 6.45) is 0.160. The van der Waals surface area contributed by atoms with Gasteiger partial charge >= 0.3 is 14.2 Å². The highest BCUT2D eigenvalue weighted by Crippen LogP contribution is 2.11. The molecule has 132 valence electrons. The molecule has 0 radical (unpaired) electrons. The number of rotatable bonds is 8. The summed E-state index contributed by atoms with van der Waals surface area (Å²) in [6.45, 7) is 7.78. The molecule has 0 aliphatic carbocycles. The van der Waals surface area contributed by atoms with Crippen LogP contribution in [-0.2, 0) is 4.57 Å². The van der Waals surface area contributed by atoms with E-state index in [1.807, 2.05) is 27.7 Å². The van der Waals surface area contributed by atoms with Crippen molar-refractivity contribution >= 4 is 25.2 Å². The molecule has 0 bridgehead atoms. The zero-order valence-corrected chi connectivity index (χ0v) is 15.0. The van der Waals surface area contributed by atoms with Crippen LogP contribution < -0.4 is 20.4 Å². The second-order valence-corrected chi connectivity index (χ2v) is 6.31. The van der Waals surface area contributed by atoms with Crippen molar-refractivity contribution in [2.45, 2.75) is 39.9 Å². The van der Waals surface area contributed by atoms with E-state index in [4.69, 9.17) is 14.0 Å². The van der Waals surface area contributed by atoms with Gasteiger partial charge in [0, 0.05) is 0 Å². The van der Waals surface area contributed by atoms with Crippen LogP contribution in [0, 0.1) is 0 Å². The molecule has 0 aliphatic heterocycles. The Morgan fingerprint density at radius 1 is 0.640 bits per heavy atom. The number of ether oxygens (including phenoxy) is 2. The number of hydrogen-bond donors (Lipinski definition) is 2. The zero-order valence-electron chi connectivity index (χ0n) is 15.0. The van der Waals surface area contributed by atoms with Crippen molar-refractivity contribution in [2.75, 3.05) is 0 Å². The second kappa shape index (κ2) is 8.94. The Kier molecular flexibility index (Phi) is 6.93. The number of benzene rings is 2. The Balaban J connectivity index is 1.95. The predicted octanol–water partition coefficient (Wildman–Crippen LogP) is 1.35. The molecule has 0 saturated carbocycles. The Hall–Kier alpha value is -1.95. The third kappa shape index (κ3) is 6.12. The van der Waals surface area contributed by atoms with Crippen molar-refractivity contribution in [2.24, 2.45) is 0 Å². The molecule has 0 fully saturated rings. The van der Waals surface area contributed by atoms with Gasteiger partial charge in [0.15, 0.2) is 0 Å². The van der Waals surface area contributed by atoms with Crippen molar-refractivity contribution in [3.63, 3.8) is 0 Å². The van der Waals surface area contributed by atoms with Gasteiger partial charge in [0.2, 0.25) is 0 Å². The van der Waals surface area contributed by atoms with Crippen LogP contribution in [0.2, 0.25) is 0 Å². The topological polar surface area (TPSA) is 68.2 Å². The first-order valence-electron chi connectivity index (χ1n) is 8.40. The third-order valence-electron chi connectivity index (χ3n) is 3.33. The summed E-state index contributed by atoms with van der Waals surface area (Å²) in [5.74, 6) is 1.43. The normalized spacial score (nSPS) is 10.9. The Morgan fingerprint density at radius 3 is 1.24 bits per heavy atom. The first-order chi connectivity index (χ1) is 11.8. The molecule has 2 rings (SSSR count). The highest BCUT2D eigenvalue weighted by atomic mass is 16.5. The largest absolute Gasteiger partial charge is 0.491 e. The van der Waals surface area contributed by atoms with Gasteiger partial charge in [0.25, 0.3) is 0 Å². The fraction of sp³-hybridized carbons (Fsp3) is 0.333. The number of hydrogen-bond acceptors (Lipinski definition) is 5. The minimum Gasteiger partial charge on any atom is -0.491 e. The smallest absolute Gasteiger partial charge is 0.477 e. The maximum atomic E-state index is 10.2. The van der Waals surface area contributed by atoms with E-state index in [0.29, 0.717) is 22.4 Å². The molecule has 25 heavy (non-hydrogen) atoms. The first-order valence-corrected chi connectivity index (χ1v) is 8.40. The van der Waals surface area contributed by atoms with Crippen LogP contribution in [0.1, 0.15) is 27.7 Å². The second-order valence-electron chi connectivity index (χ2n) is 6.31. The molecular formula is C18H24B2O5. The van der Waals surface area contributed by atoms with Gasteiger partial charge in [-0.05, 0) is 62.9 Å². The molecule has 0 spiro atoms. The lowest BCUT2D eigenvalue weighted by atomic mass is 9.71. The zero-order chi connectivity index (χ0) is 18.4. The van der Waals surface area contributed by atoms with E-state index in [9.17, 15) is 10.0 Å². The summed E-state index contributed by atoms with van der Waals surface area (Å²) in [5, 5.41) is 20.3. The quantitative estimate of drug-likeness (QED) is 0.709. The molecule has 0 aromatic heterocycles. The summed E-state index contributed by atoms with van der Waals surface area (Å²) in [7, 11) is -2.48.